The normalized spacial score (nSPS) is 12.6. The monoisotopic (exact) mass is 715 g/mol. The van der Waals surface area contributed by atoms with Crippen molar-refractivity contribution in [3.05, 3.63) is 24.7 Å². The summed E-state index contributed by atoms with van der Waals surface area (Å²) in [5, 5.41) is 0. The molecule has 0 aromatic heterocycles. The third-order valence-electron chi connectivity index (χ3n) is 8.88. The Labute approximate surface area is 301 Å². The van der Waals surface area contributed by atoms with Gasteiger partial charge in [0.1, 0.15) is 0 Å². The molecule has 0 aliphatic rings. The van der Waals surface area contributed by atoms with Crippen LogP contribution in [0, 0.1) is 0 Å². The minimum absolute atomic E-state index is 0.710. The van der Waals surface area contributed by atoms with Crippen molar-refractivity contribution in [2.75, 3.05) is 0 Å². The van der Waals surface area contributed by atoms with Crippen molar-refractivity contribution in [3.63, 3.8) is 0 Å². The van der Waals surface area contributed by atoms with Gasteiger partial charge in [0, 0.05) is 0 Å². The van der Waals surface area contributed by atoms with Crippen LogP contribution in [0.5, 0.6) is 0 Å². The van der Waals surface area contributed by atoms with Crippen molar-refractivity contribution < 1.29 is 36.2 Å². The SMILES string of the molecule is CCCCCCCCCCCCCCCCC=COC(=O)CC(OS(=O)(=O)O)C(=O)OC=CCCCCCCCCCCCCCCCC. The first-order chi connectivity index (χ1) is 23.8. The number of carbonyl (C=O) groups excluding carboxylic acids is 2. The predicted molar refractivity (Wildman–Crippen MR) is 201 cm³/mol. The molecule has 0 amide bonds. The van der Waals surface area contributed by atoms with Crippen LogP contribution in [0.1, 0.15) is 213 Å². The van der Waals surface area contributed by atoms with E-state index in [0.717, 1.165) is 32.1 Å². The van der Waals surface area contributed by atoms with Crippen LogP contribution in [0.4, 0.5) is 0 Å². The van der Waals surface area contributed by atoms with Gasteiger partial charge in [0.25, 0.3) is 0 Å². The number of rotatable bonds is 37. The fourth-order valence-corrected chi connectivity index (χ4v) is 6.31. The van der Waals surface area contributed by atoms with Crippen LogP contribution >= 0.6 is 0 Å². The molecule has 0 rings (SSSR count). The molecule has 0 fully saturated rings. The molecule has 9 heteroatoms. The minimum atomic E-state index is -4.98. The maximum absolute atomic E-state index is 12.4. The molecular weight excluding hydrogens is 640 g/mol. The maximum Gasteiger partial charge on any atom is 0.398 e. The third-order valence-corrected chi connectivity index (χ3v) is 9.35. The van der Waals surface area contributed by atoms with E-state index in [-0.39, 0.29) is 0 Å². The summed E-state index contributed by atoms with van der Waals surface area (Å²) in [5.74, 6) is -1.97. The zero-order chi connectivity index (χ0) is 36.1. The molecule has 288 valence electrons. The number of allylic oxidation sites excluding steroid dienone is 2. The first-order valence-electron chi connectivity index (χ1n) is 20.2. The summed E-state index contributed by atoms with van der Waals surface area (Å²) in [6.45, 7) is 4.50. The van der Waals surface area contributed by atoms with Gasteiger partial charge in [-0.05, 0) is 37.8 Å². The Bertz CT molecular complexity index is 915. The van der Waals surface area contributed by atoms with Gasteiger partial charge < -0.3 is 9.47 Å². The molecule has 0 aromatic carbocycles. The van der Waals surface area contributed by atoms with Crippen molar-refractivity contribution in [1.29, 1.82) is 0 Å². The van der Waals surface area contributed by atoms with E-state index in [1.807, 2.05) is 0 Å². The number of esters is 2. The lowest BCUT2D eigenvalue weighted by Gasteiger charge is -2.11. The van der Waals surface area contributed by atoms with Crippen molar-refractivity contribution in [2.45, 2.75) is 219 Å². The van der Waals surface area contributed by atoms with E-state index in [4.69, 9.17) is 14.0 Å². The Balaban J connectivity index is 3.94. The van der Waals surface area contributed by atoms with Crippen LogP contribution in [0.25, 0.3) is 0 Å². The van der Waals surface area contributed by atoms with Crippen LogP contribution in [-0.4, -0.2) is 31.0 Å². The van der Waals surface area contributed by atoms with Gasteiger partial charge in [-0.15, -0.1) is 0 Å². The zero-order valence-corrected chi connectivity index (χ0v) is 32.3. The first-order valence-corrected chi connectivity index (χ1v) is 21.5. The third kappa shape index (κ3) is 37.4. The van der Waals surface area contributed by atoms with Crippen LogP contribution in [0.3, 0.4) is 0 Å². The van der Waals surface area contributed by atoms with Gasteiger partial charge in [-0.1, -0.05) is 181 Å². The van der Waals surface area contributed by atoms with Gasteiger partial charge in [-0.3, -0.25) is 9.35 Å². The Morgan fingerprint density at radius 1 is 0.510 bits per heavy atom. The molecule has 1 N–H and O–H groups in total. The topological polar surface area (TPSA) is 116 Å². The van der Waals surface area contributed by atoms with Crippen LogP contribution in [0.15, 0.2) is 24.7 Å². The molecule has 0 aromatic rings. The zero-order valence-electron chi connectivity index (χ0n) is 31.5. The number of ether oxygens (including phenoxy) is 2. The van der Waals surface area contributed by atoms with Crippen molar-refractivity contribution >= 4 is 22.3 Å². The summed E-state index contributed by atoms with van der Waals surface area (Å²) in [4.78, 5) is 24.5. The quantitative estimate of drug-likeness (QED) is 0.0292. The summed E-state index contributed by atoms with van der Waals surface area (Å²) >= 11 is 0. The first kappa shape index (κ1) is 47.3. The molecule has 0 saturated heterocycles. The van der Waals surface area contributed by atoms with Gasteiger partial charge in [0.15, 0.2) is 6.10 Å². The van der Waals surface area contributed by atoms with Crippen LogP contribution < -0.4 is 0 Å². The van der Waals surface area contributed by atoms with E-state index in [2.05, 4.69) is 18.0 Å². The van der Waals surface area contributed by atoms with E-state index < -0.39 is 34.9 Å². The molecule has 0 aliphatic heterocycles. The second-order valence-electron chi connectivity index (χ2n) is 13.7. The number of unbranched alkanes of at least 4 members (excludes halogenated alkanes) is 28. The number of carbonyl (C=O) groups is 2. The molecule has 49 heavy (non-hydrogen) atoms. The van der Waals surface area contributed by atoms with E-state index in [1.165, 1.54) is 167 Å². The Morgan fingerprint density at radius 2 is 0.816 bits per heavy atom. The Hall–Kier alpha value is -1.71. The molecule has 1 unspecified atom stereocenters. The van der Waals surface area contributed by atoms with Gasteiger partial charge in [-0.25, -0.2) is 8.98 Å². The van der Waals surface area contributed by atoms with E-state index in [0.29, 0.717) is 6.42 Å². The lowest BCUT2D eigenvalue weighted by Crippen LogP contribution is -2.30. The van der Waals surface area contributed by atoms with Crippen molar-refractivity contribution in [3.8, 4) is 0 Å². The molecule has 0 heterocycles. The Kier molecular flexibility index (Phi) is 34.8. The molecule has 0 aliphatic carbocycles. The fourth-order valence-electron chi connectivity index (χ4n) is 5.87. The smallest absolute Gasteiger partial charge is 0.398 e. The summed E-state index contributed by atoms with van der Waals surface area (Å²) in [7, 11) is -4.98. The second-order valence-corrected chi connectivity index (χ2v) is 14.7. The average molecular weight is 715 g/mol. The molecule has 0 spiro atoms. The average Bonchev–Trinajstić information content (AvgIpc) is 3.06. The summed E-state index contributed by atoms with van der Waals surface area (Å²) < 4.78 is 45.9. The van der Waals surface area contributed by atoms with Crippen LogP contribution in [-0.2, 0) is 33.6 Å². The predicted octanol–water partition coefficient (Wildman–Crippen LogP) is 12.4. The fraction of sp³-hybridized carbons (Fsp3) is 0.850. The molecule has 0 saturated carbocycles. The van der Waals surface area contributed by atoms with Gasteiger partial charge in [-0.2, -0.15) is 8.42 Å². The summed E-state index contributed by atoms with van der Waals surface area (Å²) in [5.41, 5.74) is 0. The van der Waals surface area contributed by atoms with Gasteiger partial charge >= 0.3 is 22.3 Å². The molecule has 0 radical (unpaired) electrons. The summed E-state index contributed by atoms with van der Waals surface area (Å²) in [6, 6.07) is 0. The highest BCUT2D eigenvalue weighted by molar-refractivity contribution is 7.80. The molecule has 0 bridgehead atoms. The van der Waals surface area contributed by atoms with Crippen molar-refractivity contribution in [1.82, 2.24) is 0 Å². The Morgan fingerprint density at radius 3 is 1.14 bits per heavy atom. The lowest BCUT2D eigenvalue weighted by molar-refractivity contribution is -0.152. The molecule has 8 nitrogen and oxygen atoms in total. The minimum Gasteiger partial charge on any atom is -0.435 e. The highest BCUT2D eigenvalue weighted by Crippen LogP contribution is 2.15. The van der Waals surface area contributed by atoms with E-state index >= 15 is 0 Å². The highest BCUT2D eigenvalue weighted by Gasteiger charge is 2.29. The van der Waals surface area contributed by atoms with Crippen LogP contribution in [0.2, 0.25) is 0 Å². The second kappa shape index (κ2) is 36.1. The number of hydrogen-bond donors (Lipinski definition) is 1. The van der Waals surface area contributed by atoms with E-state index in [1.54, 1.807) is 12.2 Å². The van der Waals surface area contributed by atoms with E-state index in [9.17, 15) is 18.0 Å². The van der Waals surface area contributed by atoms with Crippen molar-refractivity contribution in [2.24, 2.45) is 0 Å². The lowest BCUT2D eigenvalue weighted by atomic mass is 10.0. The standard InChI is InChI=1S/C40H74O8S/c1-3-5-7-9-11-13-15-17-19-21-23-25-27-29-31-33-35-46-39(41)37-38(48-49(43,44)45)40(42)47-36-34-32-30-28-26-24-22-20-18-16-14-12-10-8-6-4-2/h33-36,38H,3-32,37H2,1-2H3,(H,43,44,45). The van der Waals surface area contributed by atoms with Gasteiger partial charge in [0.05, 0.1) is 18.9 Å². The summed E-state index contributed by atoms with van der Waals surface area (Å²) in [6.07, 6.45) is 40.6. The number of hydrogen-bond acceptors (Lipinski definition) is 7. The highest BCUT2D eigenvalue weighted by atomic mass is 32.3. The maximum atomic E-state index is 12.4. The largest absolute Gasteiger partial charge is 0.435 e. The molecular formula is C40H74O8S. The van der Waals surface area contributed by atoms with Gasteiger partial charge in [0.2, 0.25) is 0 Å². The molecule has 1 atom stereocenters.